The molecule has 170 valence electrons. The predicted molar refractivity (Wildman–Crippen MR) is 127 cm³/mol. The van der Waals surface area contributed by atoms with Crippen molar-refractivity contribution in [1.82, 2.24) is 4.90 Å². The molecule has 4 heteroatoms. The molecular weight excluding hydrogens is 386 g/mol. The Morgan fingerprint density at radius 1 is 0.968 bits per heavy atom. The Hall–Kier alpha value is -1.88. The van der Waals surface area contributed by atoms with Crippen LogP contribution in [0, 0.1) is 11.8 Å². The van der Waals surface area contributed by atoms with Gasteiger partial charge in [0.1, 0.15) is 5.75 Å². The minimum atomic E-state index is -0.990. The molecule has 0 aliphatic carbocycles. The molecule has 1 N–H and O–H groups in total. The van der Waals surface area contributed by atoms with Crippen molar-refractivity contribution in [3.63, 3.8) is 0 Å². The van der Waals surface area contributed by atoms with Gasteiger partial charge in [-0.05, 0) is 41.5 Å². The minimum Gasteiger partial charge on any atom is -0.494 e. The highest BCUT2D eigenvalue weighted by molar-refractivity contribution is 5.36. The Labute approximate surface area is 188 Å². The fraction of sp³-hybridized carbons (Fsp3) is 0.556. The van der Waals surface area contributed by atoms with E-state index in [4.69, 9.17) is 9.47 Å². The second-order valence-corrected chi connectivity index (χ2v) is 9.41. The molecule has 2 aromatic rings. The normalized spacial score (nSPS) is 18.2. The number of hydrogen-bond donors (Lipinski definition) is 1. The monoisotopic (exact) mass is 425 g/mol. The van der Waals surface area contributed by atoms with E-state index in [9.17, 15) is 5.11 Å². The molecule has 0 amide bonds. The number of morpholine rings is 1. The zero-order valence-corrected chi connectivity index (χ0v) is 19.6. The molecule has 4 nitrogen and oxygen atoms in total. The lowest BCUT2D eigenvalue weighted by atomic mass is 9.70. The van der Waals surface area contributed by atoms with Crippen LogP contribution in [0.5, 0.6) is 5.75 Å². The third-order valence-electron chi connectivity index (χ3n) is 6.44. The standard InChI is InChI=1S/C27H39NO3/c1-21(2)14-17-31-25-12-10-24(11-13-25)27(29,22(3)4)26(23-8-6-5-7-9-23)20-28-15-18-30-19-16-28/h5-13,21-22,26,29H,14-20H2,1-4H3/t26-,27-/m1/s1. The van der Waals surface area contributed by atoms with Crippen molar-refractivity contribution in [3.8, 4) is 5.75 Å². The van der Waals surface area contributed by atoms with Crippen molar-refractivity contribution in [2.75, 3.05) is 39.5 Å². The molecule has 0 spiro atoms. The van der Waals surface area contributed by atoms with Crippen LogP contribution in [0.25, 0.3) is 0 Å². The van der Waals surface area contributed by atoms with Crippen LogP contribution in [-0.4, -0.2) is 49.5 Å². The van der Waals surface area contributed by atoms with Gasteiger partial charge in [0.2, 0.25) is 0 Å². The average molecular weight is 426 g/mol. The van der Waals surface area contributed by atoms with Gasteiger partial charge in [0.05, 0.1) is 25.4 Å². The first-order chi connectivity index (χ1) is 14.9. The van der Waals surface area contributed by atoms with Crippen molar-refractivity contribution in [1.29, 1.82) is 0 Å². The molecule has 2 aromatic carbocycles. The van der Waals surface area contributed by atoms with E-state index in [1.807, 2.05) is 30.3 Å². The van der Waals surface area contributed by atoms with E-state index < -0.39 is 5.60 Å². The summed E-state index contributed by atoms with van der Waals surface area (Å²) in [6.07, 6.45) is 1.04. The SMILES string of the molecule is CC(C)CCOc1ccc([C@](O)(C(C)C)[C@H](CN2CCOCC2)c2ccccc2)cc1. The molecule has 0 unspecified atom stereocenters. The van der Waals surface area contributed by atoms with Gasteiger partial charge in [-0.1, -0.05) is 70.2 Å². The molecule has 0 radical (unpaired) electrons. The number of rotatable bonds is 10. The molecule has 1 heterocycles. The van der Waals surface area contributed by atoms with E-state index in [1.54, 1.807) is 0 Å². The van der Waals surface area contributed by atoms with Crippen molar-refractivity contribution in [2.24, 2.45) is 11.8 Å². The summed E-state index contributed by atoms with van der Waals surface area (Å²) in [5.74, 6) is 1.49. The average Bonchev–Trinajstić information content (AvgIpc) is 2.78. The van der Waals surface area contributed by atoms with Crippen LogP contribution < -0.4 is 4.74 Å². The predicted octanol–water partition coefficient (Wildman–Crippen LogP) is 5.07. The quantitative estimate of drug-likeness (QED) is 0.577. The largest absolute Gasteiger partial charge is 0.494 e. The Kier molecular flexibility index (Phi) is 8.53. The summed E-state index contributed by atoms with van der Waals surface area (Å²) in [5.41, 5.74) is 1.12. The van der Waals surface area contributed by atoms with E-state index >= 15 is 0 Å². The van der Waals surface area contributed by atoms with Gasteiger partial charge in [-0.15, -0.1) is 0 Å². The summed E-state index contributed by atoms with van der Waals surface area (Å²) in [7, 11) is 0. The number of nitrogens with zero attached hydrogens (tertiary/aromatic N) is 1. The van der Waals surface area contributed by atoms with Gasteiger partial charge in [-0.25, -0.2) is 0 Å². The van der Waals surface area contributed by atoms with Gasteiger partial charge >= 0.3 is 0 Å². The Bertz CT molecular complexity index is 769. The second-order valence-electron chi connectivity index (χ2n) is 9.41. The zero-order valence-electron chi connectivity index (χ0n) is 19.6. The fourth-order valence-corrected chi connectivity index (χ4v) is 4.39. The Balaban J connectivity index is 1.88. The van der Waals surface area contributed by atoms with Gasteiger partial charge in [0.25, 0.3) is 0 Å². The third-order valence-corrected chi connectivity index (χ3v) is 6.44. The number of aliphatic hydroxyl groups is 1. The minimum absolute atomic E-state index is 0.0421. The maximum absolute atomic E-state index is 12.2. The lowest BCUT2D eigenvalue weighted by Gasteiger charge is -2.43. The summed E-state index contributed by atoms with van der Waals surface area (Å²) in [6.45, 7) is 13.5. The third kappa shape index (κ3) is 6.09. The van der Waals surface area contributed by atoms with Gasteiger partial charge in [-0.3, -0.25) is 4.90 Å². The van der Waals surface area contributed by atoms with Crippen LogP contribution in [0.3, 0.4) is 0 Å². The van der Waals surface area contributed by atoms with E-state index in [0.717, 1.165) is 57.2 Å². The molecule has 1 aliphatic heterocycles. The highest BCUT2D eigenvalue weighted by Gasteiger charge is 2.43. The Morgan fingerprint density at radius 3 is 2.19 bits per heavy atom. The molecule has 1 aliphatic rings. The number of ether oxygens (including phenoxy) is 2. The van der Waals surface area contributed by atoms with E-state index in [1.165, 1.54) is 5.56 Å². The maximum atomic E-state index is 12.2. The summed E-state index contributed by atoms with van der Waals surface area (Å²) in [4.78, 5) is 2.41. The van der Waals surface area contributed by atoms with Gasteiger partial charge in [-0.2, -0.15) is 0 Å². The topological polar surface area (TPSA) is 41.9 Å². The molecule has 0 aromatic heterocycles. The molecule has 0 saturated carbocycles. The Morgan fingerprint density at radius 2 is 1.61 bits per heavy atom. The smallest absolute Gasteiger partial charge is 0.119 e. The van der Waals surface area contributed by atoms with E-state index in [0.29, 0.717) is 5.92 Å². The van der Waals surface area contributed by atoms with E-state index in [2.05, 4.69) is 56.9 Å². The van der Waals surface area contributed by atoms with Crippen molar-refractivity contribution in [2.45, 2.75) is 45.6 Å². The van der Waals surface area contributed by atoms with Crippen molar-refractivity contribution in [3.05, 3.63) is 65.7 Å². The number of hydrogen-bond acceptors (Lipinski definition) is 4. The van der Waals surface area contributed by atoms with Crippen LogP contribution in [-0.2, 0) is 10.3 Å². The van der Waals surface area contributed by atoms with Crippen LogP contribution >= 0.6 is 0 Å². The molecule has 1 fully saturated rings. The van der Waals surface area contributed by atoms with Gasteiger partial charge in [0, 0.05) is 25.6 Å². The van der Waals surface area contributed by atoms with Gasteiger partial charge < -0.3 is 14.6 Å². The highest BCUT2D eigenvalue weighted by Crippen LogP contribution is 2.43. The first kappa shape index (κ1) is 23.8. The molecule has 3 rings (SSSR count). The van der Waals surface area contributed by atoms with Crippen LogP contribution in [0.1, 0.15) is 51.2 Å². The molecule has 31 heavy (non-hydrogen) atoms. The number of benzene rings is 2. The molecular formula is C27H39NO3. The first-order valence-electron chi connectivity index (χ1n) is 11.7. The fourth-order valence-electron chi connectivity index (χ4n) is 4.39. The summed E-state index contributed by atoms with van der Waals surface area (Å²) >= 11 is 0. The zero-order chi connectivity index (χ0) is 22.3. The summed E-state index contributed by atoms with van der Waals surface area (Å²) in [5, 5.41) is 12.2. The van der Waals surface area contributed by atoms with Crippen LogP contribution in [0.2, 0.25) is 0 Å². The van der Waals surface area contributed by atoms with Crippen molar-refractivity contribution < 1.29 is 14.6 Å². The first-order valence-corrected chi connectivity index (χ1v) is 11.7. The van der Waals surface area contributed by atoms with Crippen LogP contribution in [0.15, 0.2) is 54.6 Å². The van der Waals surface area contributed by atoms with Gasteiger partial charge in [0.15, 0.2) is 0 Å². The maximum Gasteiger partial charge on any atom is 0.119 e. The summed E-state index contributed by atoms with van der Waals surface area (Å²) < 4.78 is 11.5. The second kappa shape index (κ2) is 11.1. The molecule has 2 atom stereocenters. The van der Waals surface area contributed by atoms with E-state index in [-0.39, 0.29) is 11.8 Å². The molecule has 1 saturated heterocycles. The van der Waals surface area contributed by atoms with Crippen LogP contribution in [0.4, 0.5) is 0 Å². The van der Waals surface area contributed by atoms with Crippen molar-refractivity contribution >= 4 is 0 Å². The lowest BCUT2D eigenvalue weighted by molar-refractivity contribution is -0.0547. The molecule has 0 bridgehead atoms. The lowest BCUT2D eigenvalue weighted by Crippen LogP contribution is -2.47. The summed E-state index contributed by atoms with van der Waals surface area (Å²) in [6, 6.07) is 18.5. The highest BCUT2D eigenvalue weighted by atomic mass is 16.5.